The number of benzene rings is 2. The highest BCUT2D eigenvalue weighted by Crippen LogP contribution is 2.57. The van der Waals surface area contributed by atoms with E-state index in [-0.39, 0.29) is 28.6 Å². The first-order chi connectivity index (χ1) is 14.5. The molecule has 2 amide bonds. The van der Waals surface area contributed by atoms with E-state index in [0.717, 1.165) is 17.0 Å². The first-order valence-electron chi connectivity index (χ1n) is 10.00. The number of carbonyl (C=O) groups is 2. The van der Waals surface area contributed by atoms with Crippen molar-refractivity contribution in [1.29, 1.82) is 0 Å². The molecule has 5 nitrogen and oxygen atoms in total. The van der Waals surface area contributed by atoms with E-state index >= 15 is 0 Å². The summed E-state index contributed by atoms with van der Waals surface area (Å²) in [5, 5.41) is 2.99. The SMILES string of the molecule is CCN1C(=O)[C@]2(c3ccccc31)[C@@H](C(=O)Nc1ccc(Cl)cc1F)C[C@H]1CSCN12. The van der Waals surface area contributed by atoms with Crippen LogP contribution in [-0.4, -0.2) is 40.9 Å². The van der Waals surface area contributed by atoms with Crippen LogP contribution in [0.25, 0.3) is 0 Å². The van der Waals surface area contributed by atoms with E-state index in [2.05, 4.69) is 10.2 Å². The number of thioether (sulfide) groups is 1. The fourth-order valence-corrected chi connectivity index (χ4v) is 6.67. The van der Waals surface area contributed by atoms with Crippen molar-refractivity contribution in [1.82, 2.24) is 4.90 Å². The highest BCUT2D eigenvalue weighted by atomic mass is 35.5. The molecule has 156 valence electrons. The van der Waals surface area contributed by atoms with E-state index in [1.165, 1.54) is 18.2 Å². The van der Waals surface area contributed by atoms with Crippen LogP contribution in [0.2, 0.25) is 5.02 Å². The Hall–Kier alpha value is -2.09. The van der Waals surface area contributed by atoms with Gasteiger partial charge in [-0.2, -0.15) is 0 Å². The molecule has 3 aliphatic heterocycles. The molecule has 0 bridgehead atoms. The van der Waals surface area contributed by atoms with Gasteiger partial charge in [0.15, 0.2) is 0 Å². The Balaban J connectivity index is 1.60. The summed E-state index contributed by atoms with van der Waals surface area (Å²) in [7, 11) is 0. The Bertz CT molecular complexity index is 1050. The first kappa shape index (κ1) is 19.8. The maximum absolute atomic E-state index is 14.3. The molecule has 3 aliphatic rings. The number of hydrogen-bond donors (Lipinski definition) is 1. The van der Waals surface area contributed by atoms with Crippen molar-refractivity contribution in [3.05, 3.63) is 58.9 Å². The van der Waals surface area contributed by atoms with Gasteiger partial charge >= 0.3 is 0 Å². The van der Waals surface area contributed by atoms with E-state index in [4.69, 9.17) is 11.6 Å². The largest absolute Gasteiger partial charge is 0.323 e. The van der Waals surface area contributed by atoms with Crippen LogP contribution < -0.4 is 10.2 Å². The van der Waals surface area contributed by atoms with Gasteiger partial charge in [0.1, 0.15) is 11.4 Å². The number of nitrogens with zero attached hydrogens (tertiary/aromatic N) is 2. The Kier molecular flexibility index (Phi) is 4.80. The summed E-state index contributed by atoms with van der Waals surface area (Å²) in [6, 6.07) is 12.0. The van der Waals surface area contributed by atoms with Crippen molar-refractivity contribution in [2.24, 2.45) is 5.92 Å². The van der Waals surface area contributed by atoms with Crippen molar-refractivity contribution < 1.29 is 14.0 Å². The van der Waals surface area contributed by atoms with Crippen LogP contribution in [0.4, 0.5) is 15.8 Å². The summed E-state index contributed by atoms with van der Waals surface area (Å²) in [6.45, 7) is 2.47. The molecule has 0 saturated carbocycles. The zero-order chi connectivity index (χ0) is 21.0. The second-order valence-corrected chi connectivity index (χ2v) is 9.29. The average Bonchev–Trinajstić information content (AvgIpc) is 3.37. The molecule has 2 fully saturated rings. The van der Waals surface area contributed by atoms with Gasteiger partial charge < -0.3 is 10.2 Å². The number of hydrogen-bond acceptors (Lipinski definition) is 4. The smallest absolute Gasteiger partial charge is 0.253 e. The summed E-state index contributed by atoms with van der Waals surface area (Å²) in [5.41, 5.74) is 0.761. The van der Waals surface area contributed by atoms with Crippen LogP contribution in [0.1, 0.15) is 18.9 Å². The second kappa shape index (κ2) is 7.25. The number of para-hydroxylation sites is 1. The third-order valence-corrected chi connectivity index (χ3v) is 7.76. The lowest BCUT2D eigenvalue weighted by Gasteiger charge is -2.36. The monoisotopic (exact) mass is 445 g/mol. The van der Waals surface area contributed by atoms with Gasteiger partial charge in [0, 0.05) is 40.5 Å². The van der Waals surface area contributed by atoms with E-state index in [1.807, 2.05) is 31.2 Å². The maximum Gasteiger partial charge on any atom is 0.253 e. The molecule has 3 atom stereocenters. The molecule has 30 heavy (non-hydrogen) atoms. The van der Waals surface area contributed by atoms with Gasteiger partial charge in [-0.15, -0.1) is 11.8 Å². The van der Waals surface area contributed by atoms with Crippen molar-refractivity contribution in [3.8, 4) is 0 Å². The highest BCUT2D eigenvalue weighted by molar-refractivity contribution is 7.99. The van der Waals surface area contributed by atoms with Crippen LogP contribution in [0.3, 0.4) is 0 Å². The minimum atomic E-state index is -1.05. The Morgan fingerprint density at radius 2 is 2.13 bits per heavy atom. The molecular formula is C22H21ClFN3O2S. The Morgan fingerprint density at radius 1 is 1.33 bits per heavy atom. The number of carbonyl (C=O) groups excluding carboxylic acids is 2. The third kappa shape index (κ3) is 2.65. The third-order valence-electron chi connectivity index (χ3n) is 6.44. The van der Waals surface area contributed by atoms with Crippen molar-refractivity contribution in [3.63, 3.8) is 0 Å². The molecule has 3 heterocycles. The van der Waals surface area contributed by atoms with Crippen LogP contribution in [-0.2, 0) is 15.1 Å². The number of anilines is 2. The number of likely N-dealkylation sites (N-methyl/N-ethyl adjacent to an activating group) is 1. The van der Waals surface area contributed by atoms with Crippen molar-refractivity contribution in [2.75, 3.05) is 28.4 Å². The second-order valence-electron chi connectivity index (χ2n) is 7.86. The molecular weight excluding hydrogens is 425 g/mol. The van der Waals surface area contributed by atoms with Crippen molar-refractivity contribution >= 4 is 46.6 Å². The number of fused-ring (bicyclic) bond motifs is 4. The standard InChI is InChI=1S/C22H21ClFN3O2S/c1-2-26-19-6-4-3-5-15(19)22(21(26)29)16(10-14-11-30-12-27(14)22)20(28)25-18-8-7-13(23)9-17(18)24/h3-9,14,16H,2,10-12H2,1H3,(H,25,28)/t14-,16+,22-/m0/s1. The Morgan fingerprint density at radius 3 is 2.90 bits per heavy atom. The zero-order valence-electron chi connectivity index (χ0n) is 16.4. The van der Waals surface area contributed by atoms with E-state index in [0.29, 0.717) is 18.8 Å². The van der Waals surface area contributed by atoms with Crippen LogP contribution >= 0.6 is 23.4 Å². The zero-order valence-corrected chi connectivity index (χ0v) is 18.0. The summed E-state index contributed by atoms with van der Waals surface area (Å²) in [4.78, 5) is 31.3. The highest BCUT2D eigenvalue weighted by Gasteiger charge is 2.67. The van der Waals surface area contributed by atoms with Gasteiger partial charge in [0.05, 0.1) is 11.6 Å². The normalized spacial score (nSPS) is 27.6. The topological polar surface area (TPSA) is 52.7 Å². The molecule has 0 aromatic heterocycles. The summed E-state index contributed by atoms with van der Waals surface area (Å²) in [5.74, 6) is -0.0234. The molecule has 8 heteroatoms. The molecule has 1 N–H and O–H groups in total. The lowest BCUT2D eigenvalue weighted by molar-refractivity contribution is -0.136. The summed E-state index contributed by atoms with van der Waals surface area (Å²) < 4.78 is 14.3. The van der Waals surface area contributed by atoms with Crippen LogP contribution in [0.15, 0.2) is 42.5 Å². The quantitative estimate of drug-likeness (QED) is 0.773. The number of nitrogens with one attached hydrogen (secondary N) is 1. The van der Waals surface area contributed by atoms with Crippen LogP contribution in [0.5, 0.6) is 0 Å². The number of amides is 2. The molecule has 0 radical (unpaired) electrons. The summed E-state index contributed by atoms with van der Waals surface area (Å²) in [6.07, 6.45) is 0.561. The molecule has 2 aromatic carbocycles. The predicted octanol–water partition coefficient (Wildman–Crippen LogP) is 4.07. The van der Waals surface area contributed by atoms with Gasteiger partial charge in [-0.3, -0.25) is 14.5 Å². The Labute approximate surface area is 183 Å². The first-order valence-corrected chi connectivity index (χ1v) is 11.5. The molecule has 2 saturated heterocycles. The van der Waals surface area contributed by atoms with Gasteiger partial charge in [0.2, 0.25) is 5.91 Å². The minimum absolute atomic E-state index is 0.0621. The predicted molar refractivity (Wildman–Crippen MR) is 117 cm³/mol. The van der Waals surface area contributed by atoms with Crippen molar-refractivity contribution in [2.45, 2.75) is 24.9 Å². The van der Waals surface area contributed by atoms with E-state index in [1.54, 1.807) is 16.7 Å². The fraction of sp³-hybridized carbons (Fsp3) is 0.364. The molecule has 1 spiro atoms. The van der Waals surface area contributed by atoms with Gasteiger partial charge in [0.25, 0.3) is 5.91 Å². The lowest BCUT2D eigenvalue weighted by atomic mass is 9.78. The fourth-order valence-electron chi connectivity index (χ4n) is 5.21. The number of rotatable bonds is 3. The van der Waals surface area contributed by atoms with Gasteiger partial charge in [-0.25, -0.2) is 4.39 Å². The van der Waals surface area contributed by atoms with E-state index < -0.39 is 17.3 Å². The average molecular weight is 446 g/mol. The molecule has 2 aromatic rings. The van der Waals surface area contributed by atoms with Crippen LogP contribution in [0, 0.1) is 11.7 Å². The number of halogens is 2. The summed E-state index contributed by atoms with van der Waals surface area (Å²) >= 11 is 7.62. The lowest BCUT2D eigenvalue weighted by Crippen LogP contribution is -2.55. The maximum atomic E-state index is 14.3. The molecule has 5 rings (SSSR count). The molecule has 0 unspecified atom stereocenters. The minimum Gasteiger partial charge on any atom is -0.323 e. The van der Waals surface area contributed by atoms with Gasteiger partial charge in [-0.1, -0.05) is 29.8 Å². The van der Waals surface area contributed by atoms with E-state index in [9.17, 15) is 14.0 Å². The molecule has 0 aliphatic carbocycles. The van der Waals surface area contributed by atoms with Gasteiger partial charge in [-0.05, 0) is 37.6 Å².